The van der Waals surface area contributed by atoms with Crippen LogP contribution in [0.25, 0.3) is 0 Å². The summed E-state index contributed by atoms with van der Waals surface area (Å²) in [5.41, 5.74) is 7.24. The molecule has 0 radical (unpaired) electrons. The van der Waals surface area contributed by atoms with Crippen LogP contribution < -0.4 is 15.8 Å². The summed E-state index contributed by atoms with van der Waals surface area (Å²) < 4.78 is 5.18. The van der Waals surface area contributed by atoms with Crippen molar-refractivity contribution in [3.63, 3.8) is 0 Å². The highest BCUT2D eigenvalue weighted by Gasteiger charge is 2.39. The Morgan fingerprint density at radius 1 is 1.12 bits per heavy atom. The molecule has 132 valence electrons. The van der Waals surface area contributed by atoms with E-state index in [1.54, 1.807) is 7.11 Å². The van der Waals surface area contributed by atoms with E-state index in [0.29, 0.717) is 12.8 Å². The second kappa shape index (κ2) is 7.57. The zero-order chi connectivity index (χ0) is 17.7. The topological polar surface area (TPSA) is 67.6 Å². The maximum Gasteiger partial charge on any atom is 0.243 e. The van der Waals surface area contributed by atoms with E-state index >= 15 is 0 Å². The Hall–Kier alpha value is -2.53. The van der Waals surface area contributed by atoms with Gasteiger partial charge in [0.1, 0.15) is 11.3 Å². The second-order valence-electron chi connectivity index (χ2n) is 6.56. The lowest BCUT2D eigenvalue weighted by Crippen LogP contribution is -2.56. The number of amides is 1. The molecule has 0 bridgehead atoms. The van der Waals surface area contributed by atoms with Gasteiger partial charge in [-0.2, -0.15) is 0 Å². The molecule has 5 nitrogen and oxygen atoms in total. The van der Waals surface area contributed by atoms with Crippen LogP contribution >= 0.6 is 0 Å². The van der Waals surface area contributed by atoms with Gasteiger partial charge in [0.2, 0.25) is 5.91 Å². The molecule has 2 aromatic carbocycles. The Morgan fingerprint density at radius 3 is 2.32 bits per heavy atom. The molecule has 0 atom stereocenters. The summed E-state index contributed by atoms with van der Waals surface area (Å²) in [5.74, 6) is 0.499. The third-order valence-electron chi connectivity index (χ3n) is 4.90. The highest BCUT2D eigenvalue weighted by Crippen LogP contribution is 2.28. The molecule has 0 unspecified atom stereocenters. The summed E-state index contributed by atoms with van der Waals surface area (Å²) in [6.45, 7) is 2.57. The van der Waals surface area contributed by atoms with Crippen LogP contribution in [0.1, 0.15) is 18.4 Å². The number of benzene rings is 2. The Balaban J connectivity index is 1.65. The average molecular weight is 339 g/mol. The van der Waals surface area contributed by atoms with Crippen LogP contribution in [-0.2, 0) is 11.3 Å². The van der Waals surface area contributed by atoms with E-state index in [-0.39, 0.29) is 5.91 Å². The molecule has 2 aromatic rings. The van der Waals surface area contributed by atoms with Gasteiger partial charge in [-0.3, -0.25) is 9.69 Å². The summed E-state index contributed by atoms with van der Waals surface area (Å²) in [7, 11) is 1.63. The molecule has 5 heteroatoms. The first kappa shape index (κ1) is 17.3. The number of piperidine rings is 1. The van der Waals surface area contributed by atoms with E-state index in [4.69, 9.17) is 10.5 Å². The Kier molecular flexibility index (Phi) is 5.24. The van der Waals surface area contributed by atoms with Gasteiger partial charge < -0.3 is 15.8 Å². The maximum absolute atomic E-state index is 12.2. The predicted molar refractivity (Wildman–Crippen MR) is 99.5 cm³/mol. The highest BCUT2D eigenvalue weighted by atomic mass is 16.5. The molecule has 1 amide bonds. The first-order chi connectivity index (χ1) is 12.1. The van der Waals surface area contributed by atoms with Crippen molar-refractivity contribution in [2.75, 3.05) is 25.5 Å². The van der Waals surface area contributed by atoms with Crippen molar-refractivity contribution >= 4 is 11.6 Å². The number of ether oxygens (including phenoxy) is 1. The van der Waals surface area contributed by atoms with Gasteiger partial charge in [-0.1, -0.05) is 30.3 Å². The summed E-state index contributed by atoms with van der Waals surface area (Å²) in [4.78, 5) is 14.6. The van der Waals surface area contributed by atoms with Crippen molar-refractivity contribution < 1.29 is 9.53 Å². The number of likely N-dealkylation sites (tertiary alicyclic amines) is 1. The molecular formula is C20H25N3O2. The number of primary amides is 1. The Bertz CT molecular complexity index is 693. The van der Waals surface area contributed by atoms with Crippen LogP contribution in [0.2, 0.25) is 0 Å². The van der Waals surface area contributed by atoms with Crippen LogP contribution in [0, 0.1) is 0 Å². The number of carbonyl (C=O) groups is 1. The van der Waals surface area contributed by atoms with Gasteiger partial charge in [0.25, 0.3) is 0 Å². The minimum atomic E-state index is -0.693. The zero-order valence-electron chi connectivity index (χ0n) is 14.6. The van der Waals surface area contributed by atoms with Gasteiger partial charge >= 0.3 is 0 Å². The predicted octanol–water partition coefficient (Wildman–Crippen LogP) is 2.63. The third kappa shape index (κ3) is 4.12. The maximum atomic E-state index is 12.2. The molecule has 0 saturated carbocycles. The summed E-state index contributed by atoms with van der Waals surface area (Å²) in [6.07, 6.45) is 1.39. The number of methoxy groups -OCH3 is 1. The standard InChI is InChI=1S/C20H25N3O2/c1-25-18-9-7-17(8-10-18)22-20(19(21)24)11-13-23(14-12-20)15-16-5-3-2-4-6-16/h2-10,22H,11-15H2,1H3,(H2,21,24). The van der Waals surface area contributed by atoms with E-state index in [2.05, 4.69) is 34.5 Å². The van der Waals surface area contributed by atoms with Gasteiger partial charge in [-0.25, -0.2) is 0 Å². The largest absolute Gasteiger partial charge is 0.497 e. The summed E-state index contributed by atoms with van der Waals surface area (Å²) >= 11 is 0. The fraction of sp³-hybridized carbons (Fsp3) is 0.350. The number of nitrogens with two attached hydrogens (primary N) is 1. The van der Waals surface area contributed by atoms with Gasteiger partial charge in [-0.15, -0.1) is 0 Å². The van der Waals surface area contributed by atoms with E-state index in [9.17, 15) is 4.79 Å². The zero-order valence-corrected chi connectivity index (χ0v) is 14.6. The van der Waals surface area contributed by atoms with Crippen molar-refractivity contribution in [3.05, 3.63) is 60.2 Å². The van der Waals surface area contributed by atoms with Crippen LogP contribution in [0.5, 0.6) is 5.75 Å². The lowest BCUT2D eigenvalue weighted by atomic mass is 9.86. The van der Waals surface area contributed by atoms with Gasteiger partial charge in [0.15, 0.2) is 0 Å². The Labute approximate surface area is 148 Å². The third-order valence-corrected chi connectivity index (χ3v) is 4.90. The number of hydrogen-bond donors (Lipinski definition) is 2. The monoisotopic (exact) mass is 339 g/mol. The van der Waals surface area contributed by atoms with Crippen molar-refractivity contribution in [2.45, 2.75) is 24.9 Å². The van der Waals surface area contributed by atoms with Crippen LogP contribution in [0.4, 0.5) is 5.69 Å². The van der Waals surface area contributed by atoms with E-state index in [0.717, 1.165) is 31.1 Å². The average Bonchev–Trinajstić information content (AvgIpc) is 2.65. The molecule has 3 rings (SSSR count). The van der Waals surface area contributed by atoms with Gasteiger partial charge in [0, 0.05) is 25.3 Å². The van der Waals surface area contributed by atoms with Crippen molar-refractivity contribution in [3.8, 4) is 5.75 Å². The minimum Gasteiger partial charge on any atom is -0.497 e. The smallest absolute Gasteiger partial charge is 0.243 e. The van der Waals surface area contributed by atoms with Crippen LogP contribution in [0.3, 0.4) is 0 Å². The van der Waals surface area contributed by atoms with E-state index in [1.165, 1.54) is 5.56 Å². The molecule has 1 fully saturated rings. The van der Waals surface area contributed by atoms with Crippen molar-refractivity contribution in [1.82, 2.24) is 4.90 Å². The molecule has 3 N–H and O–H groups in total. The minimum absolute atomic E-state index is 0.289. The number of carbonyl (C=O) groups excluding carboxylic acids is 1. The number of anilines is 1. The fourth-order valence-electron chi connectivity index (χ4n) is 3.32. The van der Waals surface area contributed by atoms with Crippen molar-refractivity contribution in [2.24, 2.45) is 5.73 Å². The lowest BCUT2D eigenvalue weighted by Gasteiger charge is -2.40. The lowest BCUT2D eigenvalue weighted by molar-refractivity contribution is -0.123. The van der Waals surface area contributed by atoms with Crippen LogP contribution in [0.15, 0.2) is 54.6 Å². The van der Waals surface area contributed by atoms with Gasteiger partial charge in [-0.05, 0) is 42.7 Å². The number of nitrogens with zero attached hydrogens (tertiary/aromatic N) is 1. The fourth-order valence-corrected chi connectivity index (χ4v) is 3.32. The number of rotatable bonds is 6. The molecule has 1 saturated heterocycles. The Morgan fingerprint density at radius 2 is 1.76 bits per heavy atom. The molecule has 0 aromatic heterocycles. The molecule has 0 aliphatic carbocycles. The molecular weight excluding hydrogens is 314 g/mol. The molecule has 1 heterocycles. The molecule has 25 heavy (non-hydrogen) atoms. The SMILES string of the molecule is COc1ccc(NC2(C(N)=O)CCN(Cc3ccccc3)CC2)cc1. The first-order valence-electron chi connectivity index (χ1n) is 8.60. The number of hydrogen-bond acceptors (Lipinski definition) is 4. The van der Waals surface area contributed by atoms with E-state index < -0.39 is 5.54 Å². The van der Waals surface area contributed by atoms with Gasteiger partial charge in [0.05, 0.1) is 7.11 Å². The number of nitrogens with one attached hydrogen (secondary N) is 1. The highest BCUT2D eigenvalue weighted by molar-refractivity contribution is 5.88. The second-order valence-corrected chi connectivity index (χ2v) is 6.56. The van der Waals surface area contributed by atoms with E-state index in [1.807, 2.05) is 30.3 Å². The van der Waals surface area contributed by atoms with Crippen molar-refractivity contribution in [1.29, 1.82) is 0 Å². The quantitative estimate of drug-likeness (QED) is 0.849. The summed E-state index contributed by atoms with van der Waals surface area (Å²) in [6, 6.07) is 18.0. The normalized spacial score (nSPS) is 17.0. The first-order valence-corrected chi connectivity index (χ1v) is 8.60. The van der Waals surface area contributed by atoms with Crippen LogP contribution in [-0.4, -0.2) is 36.5 Å². The molecule has 1 aliphatic rings. The molecule has 0 spiro atoms. The summed E-state index contributed by atoms with van der Waals surface area (Å²) in [5, 5.41) is 3.37. The molecule has 1 aliphatic heterocycles.